The van der Waals surface area contributed by atoms with Gasteiger partial charge in [0.15, 0.2) is 0 Å². The fourth-order valence-corrected chi connectivity index (χ4v) is 13.9. The molecule has 692 valence electrons. The fraction of sp³-hybridized carbons (Fsp3) is 0.831. The van der Waals surface area contributed by atoms with E-state index in [4.69, 9.17) is 5.73 Å². The van der Waals surface area contributed by atoms with Gasteiger partial charge in [0.2, 0.25) is 82.7 Å². The summed E-state index contributed by atoms with van der Waals surface area (Å²) in [5.74, 6) is -13.1. The first-order chi connectivity index (χ1) is 55.3. The molecule has 0 aliphatic rings. The van der Waals surface area contributed by atoms with E-state index in [9.17, 15) is 77.0 Å². The van der Waals surface area contributed by atoms with E-state index in [0.29, 0.717) is 0 Å². The molecule has 0 aromatic rings. The molecule has 0 spiro atoms. The van der Waals surface area contributed by atoms with Crippen molar-refractivity contribution in [2.45, 2.75) is 388 Å². The number of amides is 14. The molecular formula is C89H165N15O16. The van der Waals surface area contributed by atoms with Crippen molar-refractivity contribution < 1.29 is 77.0 Å². The summed E-state index contributed by atoms with van der Waals surface area (Å²) in [7, 11) is 0. The summed E-state index contributed by atoms with van der Waals surface area (Å²) in [4.78, 5) is 214. The molecule has 120 heavy (non-hydrogen) atoms. The van der Waals surface area contributed by atoms with Gasteiger partial charge >= 0.3 is 5.97 Å². The molecule has 0 saturated carbocycles. The van der Waals surface area contributed by atoms with E-state index in [1.165, 1.54) is 0 Å². The molecule has 0 radical (unpaired) electrons. The molecule has 31 nitrogen and oxygen atoms in total. The molecule has 17 N–H and O–H groups in total. The van der Waals surface area contributed by atoms with Crippen LogP contribution in [0.1, 0.15) is 298 Å². The molecule has 14 amide bonds. The number of carboxylic acid groups (broad SMARTS) is 1. The van der Waals surface area contributed by atoms with E-state index in [1.54, 1.807) is 13.8 Å². The Hall–Kier alpha value is -7.99. The Labute approximate surface area is 719 Å². The second kappa shape index (κ2) is 55.9. The maximum atomic E-state index is 14.8. The Balaban J connectivity index is 7.25. The van der Waals surface area contributed by atoms with E-state index >= 15 is 0 Å². The van der Waals surface area contributed by atoms with Gasteiger partial charge in [0.05, 0.1) is 6.04 Å². The van der Waals surface area contributed by atoms with Gasteiger partial charge in [-0.25, -0.2) is 4.79 Å². The molecule has 15 atom stereocenters. The molecule has 0 aromatic carbocycles. The van der Waals surface area contributed by atoms with Crippen molar-refractivity contribution in [3.05, 3.63) is 0 Å². The van der Waals surface area contributed by atoms with Gasteiger partial charge in [-0.15, -0.1) is 0 Å². The molecule has 0 aromatic heterocycles. The van der Waals surface area contributed by atoms with Crippen molar-refractivity contribution in [1.29, 1.82) is 0 Å². The van der Waals surface area contributed by atoms with E-state index < -0.39 is 179 Å². The highest BCUT2D eigenvalue weighted by atomic mass is 16.4. The van der Waals surface area contributed by atoms with Crippen LogP contribution in [0.15, 0.2) is 0 Å². The molecule has 0 aliphatic carbocycles. The van der Waals surface area contributed by atoms with Crippen LogP contribution in [0.5, 0.6) is 0 Å². The van der Waals surface area contributed by atoms with Gasteiger partial charge in [0.25, 0.3) is 0 Å². The lowest BCUT2D eigenvalue weighted by atomic mass is 9.97. The highest BCUT2D eigenvalue weighted by Crippen LogP contribution is 2.21. The van der Waals surface area contributed by atoms with Gasteiger partial charge in [-0.05, 0) is 179 Å². The van der Waals surface area contributed by atoms with Crippen LogP contribution in [0.3, 0.4) is 0 Å². The van der Waals surface area contributed by atoms with Crippen molar-refractivity contribution in [2.24, 2.45) is 94.5 Å². The molecule has 0 fully saturated rings. The van der Waals surface area contributed by atoms with Crippen LogP contribution >= 0.6 is 0 Å². The number of rotatable bonds is 58. The van der Waals surface area contributed by atoms with Crippen molar-refractivity contribution >= 4 is 88.7 Å². The number of carboxylic acids is 1. The van der Waals surface area contributed by atoms with E-state index in [-0.39, 0.29) is 179 Å². The highest BCUT2D eigenvalue weighted by Gasteiger charge is 2.40. The maximum absolute atomic E-state index is 14.8. The third-order valence-electron chi connectivity index (χ3n) is 19.8. The van der Waals surface area contributed by atoms with Crippen LogP contribution in [0.2, 0.25) is 0 Å². The van der Waals surface area contributed by atoms with Gasteiger partial charge in [-0.3, -0.25) is 67.1 Å². The number of hydrogen-bond acceptors (Lipinski definition) is 16. The Morgan fingerprint density at radius 2 is 0.250 bits per heavy atom. The molecule has 0 bridgehead atoms. The van der Waals surface area contributed by atoms with Crippen molar-refractivity contribution in [3.63, 3.8) is 0 Å². The van der Waals surface area contributed by atoms with Gasteiger partial charge in [0, 0.05) is 0 Å². The molecule has 0 saturated heterocycles. The van der Waals surface area contributed by atoms with Crippen molar-refractivity contribution in [1.82, 2.24) is 74.4 Å². The van der Waals surface area contributed by atoms with Crippen LogP contribution in [-0.2, 0) is 71.9 Å². The lowest BCUT2D eigenvalue weighted by molar-refractivity contribution is -0.143. The monoisotopic (exact) mass is 1700 g/mol. The first-order valence-electron chi connectivity index (χ1n) is 44.6. The van der Waals surface area contributed by atoms with E-state index in [2.05, 4.69) is 74.4 Å². The molecule has 0 aliphatic heterocycles. The lowest BCUT2D eigenvalue weighted by Crippen LogP contribution is -2.61. The average Bonchev–Trinajstić information content (AvgIpc) is 0.866. The summed E-state index contributed by atoms with van der Waals surface area (Å²) in [5, 5.41) is 49.4. The third-order valence-corrected chi connectivity index (χ3v) is 19.8. The summed E-state index contributed by atoms with van der Waals surface area (Å²) in [6.07, 6.45) is 1.77. The Morgan fingerprint density at radius 3 is 0.333 bits per heavy atom. The molecule has 0 rings (SSSR count). The Morgan fingerprint density at radius 1 is 0.167 bits per heavy atom. The standard InChI is InChI=1S/C89H165N15O16/c1-45(2)31-60(91-76(106)62(33-47(5)6)93-78(108)64(35-49(9)10)95-80(110)66(37-51(13)14)97-82(112)68(39-53(17)18)99-84(114)70(41-55(21)22)101-86(116)72(43-57(25)26)103-88(118)74(90)59(29)30)75(105)92-61(32-46(3)4)77(107)94-63(34-48(7)8)79(109)96-65(36-50(11)12)81(111)98-67(38-52(15)16)83(113)100-69(40-54(19)20)85(115)102-71(42-56(23)24)87(117)104-73(89(119)120)44-58(27)28/h45-74H,31-44,90H2,1-30H3,(H,91,106)(H,92,105)(H,93,108)(H,94,107)(H,95,110)(H,96,109)(H,97,112)(H,98,111)(H,99,114)(H,100,113)(H,101,116)(H,102,115)(H,103,118)(H,104,117)(H,119,120)/t60-,61-,62-,63-,64-,65-,66-,67-,68-,69-,70-,71-,72-,73-,74-/m0/s1. The number of aliphatic carboxylic acids is 1. The molecule has 0 unspecified atom stereocenters. The Bertz CT molecular complexity index is 3190. The zero-order valence-electron chi connectivity index (χ0n) is 78.9. The summed E-state index contributed by atoms with van der Waals surface area (Å²) >= 11 is 0. The van der Waals surface area contributed by atoms with E-state index in [1.807, 2.05) is 194 Å². The average molecular weight is 1700 g/mol. The van der Waals surface area contributed by atoms with Gasteiger partial charge in [-0.1, -0.05) is 208 Å². The minimum Gasteiger partial charge on any atom is -0.480 e. The SMILES string of the molecule is CC(C)C[C@H](NC(=O)[C@H](CC(C)C)NC(=O)[C@H](CC(C)C)NC(=O)[C@H](CC(C)C)NC(=O)[C@H](CC(C)C)NC(=O)[C@H](CC(C)C)NC(=O)[C@H](CC(C)C)NC(=O)[C@H](CC(C)C)NC(=O)[C@H](CC(C)C)NC(=O)[C@H](CC(C)C)NC(=O)[C@H](CC(C)C)NC(=O)[C@H](CC(C)C)NC(=O)[C@H](CC(C)C)NC(=O)[C@H](CC(C)C)NC(=O)[C@@H](N)C(C)C)C(=O)O. The number of carbonyl (C=O) groups excluding carboxylic acids is 14. The second-order valence-electron chi connectivity index (χ2n) is 39.8. The van der Waals surface area contributed by atoms with Gasteiger partial charge < -0.3 is 85.3 Å². The maximum Gasteiger partial charge on any atom is 0.326 e. The molecular weight excluding hydrogens is 1540 g/mol. The van der Waals surface area contributed by atoms with Gasteiger partial charge in [0.1, 0.15) is 84.6 Å². The number of hydrogen-bond donors (Lipinski definition) is 16. The predicted octanol–water partition coefficient (Wildman–Crippen LogP) is 7.49. The van der Waals surface area contributed by atoms with Crippen LogP contribution in [-0.4, -0.2) is 184 Å². The first kappa shape index (κ1) is 112. The number of nitrogens with one attached hydrogen (secondary N) is 14. The van der Waals surface area contributed by atoms with Crippen LogP contribution < -0.4 is 80.2 Å². The first-order valence-corrected chi connectivity index (χ1v) is 44.6. The smallest absolute Gasteiger partial charge is 0.326 e. The number of carbonyl (C=O) groups is 15. The third kappa shape index (κ3) is 46.3. The highest BCUT2D eigenvalue weighted by molar-refractivity contribution is 6.00. The second-order valence-corrected chi connectivity index (χ2v) is 39.8. The molecule has 31 heteroatoms. The predicted molar refractivity (Wildman–Crippen MR) is 470 cm³/mol. The largest absolute Gasteiger partial charge is 0.480 e. The van der Waals surface area contributed by atoms with Crippen LogP contribution in [0, 0.1) is 88.8 Å². The Kier molecular flexibility index (Phi) is 52.2. The van der Waals surface area contributed by atoms with E-state index in [0.717, 1.165) is 0 Å². The number of nitrogens with two attached hydrogens (primary N) is 1. The zero-order valence-corrected chi connectivity index (χ0v) is 78.9. The van der Waals surface area contributed by atoms with Crippen molar-refractivity contribution in [3.8, 4) is 0 Å². The zero-order chi connectivity index (χ0) is 92.8. The fourth-order valence-electron chi connectivity index (χ4n) is 13.9. The quantitative estimate of drug-likeness (QED) is 0.0280. The molecule has 0 heterocycles. The minimum absolute atomic E-state index is 0.0259. The normalized spacial score (nSPS) is 15.8. The topological polar surface area (TPSA) is 471 Å². The van der Waals surface area contributed by atoms with Crippen LogP contribution in [0.25, 0.3) is 0 Å². The van der Waals surface area contributed by atoms with Crippen molar-refractivity contribution in [2.75, 3.05) is 0 Å². The minimum atomic E-state index is -1.27. The summed E-state index contributed by atoms with van der Waals surface area (Å²) in [5.41, 5.74) is 6.15. The van der Waals surface area contributed by atoms with Gasteiger partial charge in [-0.2, -0.15) is 0 Å². The van der Waals surface area contributed by atoms with Crippen LogP contribution in [0.4, 0.5) is 0 Å². The summed E-state index contributed by atoms with van der Waals surface area (Å²) in [6, 6.07) is -17.7. The summed E-state index contributed by atoms with van der Waals surface area (Å²) in [6.45, 7) is 55.4. The lowest BCUT2D eigenvalue weighted by Gasteiger charge is -2.30. The summed E-state index contributed by atoms with van der Waals surface area (Å²) < 4.78 is 0.